The van der Waals surface area contributed by atoms with Gasteiger partial charge < -0.3 is 26.4 Å². The minimum atomic E-state index is -1.18. The van der Waals surface area contributed by atoms with Crippen LogP contribution >= 0.6 is 0 Å². The number of carbonyl (C=O) groups excluding carboxylic acids is 1. The van der Waals surface area contributed by atoms with E-state index in [2.05, 4.69) is 0 Å². The fourth-order valence-electron chi connectivity index (χ4n) is 4.62. The molecular weight excluding hydrogens is 528 g/mol. The van der Waals surface area contributed by atoms with Crippen molar-refractivity contribution in [1.29, 1.82) is 0 Å². The zero-order chi connectivity index (χ0) is 28.7. The summed E-state index contributed by atoms with van der Waals surface area (Å²) in [5, 5.41) is 34.1. The maximum atomic E-state index is 13.9. The number of halogens is 1. The maximum absolute atomic E-state index is 13.9. The number of hydrogen-bond acceptors (Lipinski definition) is 6. The van der Waals surface area contributed by atoms with E-state index >= 15 is 0 Å². The standard InChI is InChI=1S/C29H36FN3O6.Na.H/c1-5-32(20-10-13-24(39-4)14-11-20)29(38)28-27(18(2)3)25(15-12-22(34)16-23(35)17-26(36)37)33(31-28)21-8-6-19(30)7-9-21;;/h6-11,13-14,18,22-23,34-35H,5,12,15-17H2,1-4H3,(H,36,37);;/q;+1;-1/t22-,23-;;/m1../s1. The Kier molecular flexibility index (Phi) is 12.8. The number of aliphatic hydroxyl groups excluding tert-OH is 2. The molecule has 0 fully saturated rings. The quantitative estimate of drug-likeness (QED) is 0.268. The van der Waals surface area contributed by atoms with E-state index in [1.54, 1.807) is 53.1 Å². The Labute approximate surface area is 257 Å². The molecule has 2 atom stereocenters. The Morgan fingerprint density at radius 2 is 1.70 bits per heavy atom. The van der Waals surface area contributed by atoms with Crippen LogP contribution in [0.2, 0.25) is 0 Å². The number of hydrogen-bond donors (Lipinski definition) is 3. The zero-order valence-electron chi connectivity index (χ0n) is 24.7. The number of carboxylic acid groups (broad SMARTS) is 1. The average molecular weight is 566 g/mol. The first-order valence-corrected chi connectivity index (χ1v) is 13.0. The van der Waals surface area contributed by atoms with Crippen LogP contribution < -0.4 is 39.2 Å². The van der Waals surface area contributed by atoms with E-state index in [1.807, 2.05) is 20.8 Å². The van der Waals surface area contributed by atoms with Gasteiger partial charge in [-0.2, -0.15) is 5.10 Å². The molecule has 0 radical (unpaired) electrons. The molecule has 40 heavy (non-hydrogen) atoms. The SMILES string of the molecule is CCN(C(=O)c1nn(-c2ccc(F)cc2)c(CC[C@@H](O)C[C@@H](O)CC(=O)O)c1C(C)C)c1ccc(OC)cc1.[H-].[Na+]. The molecule has 9 nitrogen and oxygen atoms in total. The molecule has 212 valence electrons. The third-order valence-electron chi connectivity index (χ3n) is 6.49. The number of amides is 1. The first-order valence-electron chi connectivity index (χ1n) is 13.0. The molecule has 3 rings (SSSR count). The number of carbonyl (C=O) groups is 2. The molecule has 1 heterocycles. The second-order valence-electron chi connectivity index (χ2n) is 9.68. The number of ether oxygens (including phenoxy) is 1. The molecule has 3 N–H and O–H groups in total. The molecule has 0 aliphatic carbocycles. The molecular formula is C29H37FN3NaO6. The van der Waals surface area contributed by atoms with Gasteiger partial charge in [-0.3, -0.25) is 9.59 Å². The largest absolute Gasteiger partial charge is 1.00 e. The van der Waals surface area contributed by atoms with Crippen LogP contribution in [0.25, 0.3) is 5.69 Å². The summed E-state index contributed by atoms with van der Waals surface area (Å²) in [5.74, 6) is -1.30. The third kappa shape index (κ3) is 8.37. The molecule has 0 bridgehead atoms. The number of rotatable bonds is 13. The van der Waals surface area contributed by atoms with Crippen LogP contribution in [0.5, 0.6) is 5.75 Å². The van der Waals surface area contributed by atoms with Gasteiger partial charge in [0.05, 0.1) is 31.4 Å². The molecule has 0 saturated heterocycles. The van der Waals surface area contributed by atoms with Crippen molar-refractivity contribution in [3.05, 3.63) is 71.3 Å². The number of anilines is 1. The average Bonchev–Trinajstić information content (AvgIpc) is 3.28. The first-order chi connectivity index (χ1) is 18.5. The number of aliphatic hydroxyl groups is 2. The summed E-state index contributed by atoms with van der Waals surface area (Å²) in [5.41, 5.74) is 2.87. The summed E-state index contributed by atoms with van der Waals surface area (Å²) in [6.07, 6.45) is -2.21. The Morgan fingerprint density at radius 1 is 1.07 bits per heavy atom. The van der Waals surface area contributed by atoms with Gasteiger partial charge >= 0.3 is 35.5 Å². The Bertz CT molecular complexity index is 1270. The number of nitrogens with zero attached hydrogens (tertiary/aromatic N) is 3. The van der Waals surface area contributed by atoms with Gasteiger partial charge in [0.15, 0.2) is 5.69 Å². The van der Waals surface area contributed by atoms with Gasteiger partial charge in [0.1, 0.15) is 11.6 Å². The van der Waals surface area contributed by atoms with Crippen LogP contribution in [0, 0.1) is 5.82 Å². The molecule has 0 unspecified atom stereocenters. The van der Waals surface area contributed by atoms with Crippen molar-refractivity contribution >= 4 is 17.6 Å². The smallest absolute Gasteiger partial charge is 1.00 e. The molecule has 1 aromatic heterocycles. The van der Waals surface area contributed by atoms with Crippen molar-refractivity contribution in [2.24, 2.45) is 0 Å². The van der Waals surface area contributed by atoms with Crippen LogP contribution in [-0.4, -0.2) is 62.8 Å². The Hall–Kier alpha value is -2.76. The fourth-order valence-corrected chi connectivity index (χ4v) is 4.62. The van der Waals surface area contributed by atoms with Crippen LogP contribution in [-0.2, 0) is 11.2 Å². The summed E-state index contributed by atoms with van der Waals surface area (Å²) in [4.78, 5) is 26.4. The molecule has 1 amide bonds. The minimum Gasteiger partial charge on any atom is -1.00 e. The van der Waals surface area contributed by atoms with Gasteiger partial charge in [-0.25, -0.2) is 9.07 Å². The van der Waals surface area contributed by atoms with Gasteiger partial charge in [0, 0.05) is 23.5 Å². The molecule has 2 aromatic carbocycles. The van der Waals surface area contributed by atoms with Crippen LogP contribution in [0.15, 0.2) is 48.5 Å². The molecule has 0 spiro atoms. The Morgan fingerprint density at radius 3 is 2.23 bits per heavy atom. The third-order valence-corrected chi connectivity index (χ3v) is 6.49. The van der Waals surface area contributed by atoms with E-state index in [1.165, 1.54) is 12.1 Å². The van der Waals surface area contributed by atoms with Gasteiger partial charge in [0.25, 0.3) is 5.91 Å². The van der Waals surface area contributed by atoms with E-state index in [0.29, 0.717) is 41.3 Å². The molecule has 3 aromatic rings. The number of aromatic nitrogens is 2. The van der Waals surface area contributed by atoms with E-state index in [-0.39, 0.29) is 61.3 Å². The Balaban J connectivity index is 0.00000420. The predicted octanol–water partition coefficient (Wildman–Crippen LogP) is 1.45. The van der Waals surface area contributed by atoms with Crippen molar-refractivity contribution in [3.8, 4) is 11.4 Å². The number of methoxy groups -OCH3 is 1. The van der Waals surface area contributed by atoms with Crippen LogP contribution in [0.1, 0.15) is 69.1 Å². The number of carboxylic acids is 1. The topological polar surface area (TPSA) is 125 Å². The normalized spacial score (nSPS) is 12.5. The second-order valence-corrected chi connectivity index (χ2v) is 9.68. The van der Waals surface area contributed by atoms with Gasteiger partial charge in [-0.05, 0) is 80.6 Å². The fraction of sp³-hybridized carbons (Fsp3) is 0.414. The van der Waals surface area contributed by atoms with Crippen LogP contribution in [0.4, 0.5) is 10.1 Å². The van der Waals surface area contributed by atoms with Crippen molar-refractivity contribution in [2.45, 2.75) is 64.6 Å². The second kappa shape index (κ2) is 15.3. The summed E-state index contributed by atoms with van der Waals surface area (Å²) in [6.45, 7) is 6.15. The summed E-state index contributed by atoms with van der Waals surface area (Å²) < 4.78 is 20.5. The predicted molar refractivity (Wildman–Crippen MR) is 146 cm³/mol. The van der Waals surface area contributed by atoms with Crippen molar-refractivity contribution in [3.63, 3.8) is 0 Å². The minimum absolute atomic E-state index is 0. The van der Waals surface area contributed by atoms with Gasteiger partial charge in [-0.1, -0.05) is 13.8 Å². The summed E-state index contributed by atoms with van der Waals surface area (Å²) in [7, 11) is 1.57. The molecule has 0 saturated carbocycles. The van der Waals surface area contributed by atoms with Crippen LogP contribution in [0.3, 0.4) is 0 Å². The monoisotopic (exact) mass is 565 g/mol. The van der Waals surface area contributed by atoms with E-state index < -0.39 is 30.4 Å². The van der Waals surface area contributed by atoms with Gasteiger partial charge in [-0.15, -0.1) is 0 Å². The maximum Gasteiger partial charge on any atom is 1.00 e. The molecule has 0 aliphatic rings. The molecule has 0 aliphatic heterocycles. The van der Waals surface area contributed by atoms with E-state index in [0.717, 1.165) is 0 Å². The van der Waals surface area contributed by atoms with Gasteiger partial charge in [0.2, 0.25) is 0 Å². The van der Waals surface area contributed by atoms with Crippen molar-refractivity contribution < 1.29 is 65.0 Å². The van der Waals surface area contributed by atoms with Crippen molar-refractivity contribution in [2.75, 3.05) is 18.6 Å². The first kappa shape index (κ1) is 33.4. The van der Waals surface area contributed by atoms with Crippen molar-refractivity contribution in [1.82, 2.24) is 9.78 Å². The number of aliphatic carboxylic acids is 1. The summed E-state index contributed by atoms with van der Waals surface area (Å²) in [6, 6.07) is 12.9. The number of benzene rings is 2. The van der Waals surface area contributed by atoms with E-state index in [4.69, 9.17) is 14.9 Å². The molecule has 11 heteroatoms. The summed E-state index contributed by atoms with van der Waals surface area (Å²) >= 11 is 0. The van der Waals surface area contributed by atoms with E-state index in [9.17, 15) is 24.2 Å². The zero-order valence-corrected chi connectivity index (χ0v) is 25.7.